The summed E-state index contributed by atoms with van der Waals surface area (Å²) in [6.45, 7) is 3.54. The summed E-state index contributed by atoms with van der Waals surface area (Å²) in [5, 5.41) is 20.1. The molecule has 1 unspecified atom stereocenters. The van der Waals surface area contributed by atoms with Gasteiger partial charge in [0.05, 0.1) is 29.7 Å². The molecule has 0 aliphatic carbocycles. The topological polar surface area (TPSA) is 178 Å². The van der Waals surface area contributed by atoms with E-state index >= 15 is 0 Å². The van der Waals surface area contributed by atoms with E-state index in [-0.39, 0.29) is 25.6 Å². The van der Waals surface area contributed by atoms with Crippen LogP contribution in [0.1, 0.15) is 42.7 Å². The molecular weight excluding hydrogens is 624 g/mol. The first kappa shape index (κ1) is 36.3. The van der Waals surface area contributed by atoms with Gasteiger partial charge in [-0.2, -0.15) is 0 Å². The first-order valence-corrected chi connectivity index (χ1v) is 16.2. The second-order valence-electron chi connectivity index (χ2n) is 12.1. The fourth-order valence-electron chi connectivity index (χ4n) is 5.18. The lowest BCUT2D eigenvalue weighted by Gasteiger charge is -2.30. The molecule has 4 atom stereocenters. The Morgan fingerprint density at radius 1 is 0.755 bits per heavy atom. The Hall–Kier alpha value is -5.49. The average Bonchev–Trinajstić information content (AvgIpc) is 3.10. The van der Waals surface area contributed by atoms with E-state index in [0.717, 1.165) is 16.7 Å². The molecule has 0 aliphatic heterocycles. The molecule has 0 radical (unpaired) electrons. The number of rotatable bonds is 16. The second kappa shape index (κ2) is 18.7. The zero-order chi connectivity index (χ0) is 35.0. The van der Waals surface area contributed by atoms with Crippen molar-refractivity contribution in [1.82, 2.24) is 25.9 Å². The van der Waals surface area contributed by atoms with E-state index in [1.165, 1.54) is 6.20 Å². The Morgan fingerprint density at radius 3 is 2.00 bits per heavy atom. The normalized spacial score (nSPS) is 13.4. The standard InChI is InChI=1S/C37H44N6O6/c1-25(2)34(43-37(47)49-24-30-16-15-29(38)22-40-30)35(45)41-31(18-26-10-5-3-6-11-26)20-33(44)32(19-27-12-7-4-8-13-27)42-36(46)48-23-28-14-9-17-39-21-28/h3-17,21-22,25,31-34,44H,18-20,23-24,38H2,1-2H3,(H,41,45)(H,42,46)(H,43,47)/t31-,32-,33-,34?/m0/s1. The number of hydrogen-bond acceptors (Lipinski definition) is 9. The minimum Gasteiger partial charge on any atom is -0.445 e. The van der Waals surface area contributed by atoms with Crippen molar-refractivity contribution < 1.29 is 29.0 Å². The lowest BCUT2D eigenvalue weighted by atomic mass is 9.93. The van der Waals surface area contributed by atoms with Gasteiger partial charge in [-0.1, -0.05) is 80.6 Å². The SMILES string of the molecule is CC(C)C(NC(=O)OCc1ccc(N)cn1)C(=O)N[C@@H](Cc1ccccc1)C[C@H](O)[C@H](Cc1ccccc1)NC(=O)OCc1cccnc1. The van der Waals surface area contributed by atoms with Gasteiger partial charge in [-0.3, -0.25) is 14.8 Å². The maximum absolute atomic E-state index is 13.7. The minimum atomic E-state index is -1.08. The lowest BCUT2D eigenvalue weighted by molar-refractivity contribution is -0.125. The number of ether oxygens (including phenoxy) is 2. The number of nitrogen functional groups attached to an aromatic ring is 1. The van der Waals surface area contributed by atoms with E-state index in [9.17, 15) is 19.5 Å². The summed E-state index contributed by atoms with van der Waals surface area (Å²) in [4.78, 5) is 47.5. The van der Waals surface area contributed by atoms with E-state index in [2.05, 4.69) is 25.9 Å². The molecule has 0 saturated heterocycles. The first-order chi connectivity index (χ1) is 23.7. The molecule has 0 saturated carbocycles. The van der Waals surface area contributed by atoms with Gasteiger partial charge in [0, 0.05) is 24.0 Å². The van der Waals surface area contributed by atoms with Gasteiger partial charge < -0.3 is 36.3 Å². The summed E-state index contributed by atoms with van der Waals surface area (Å²) in [5.74, 6) is -0.722. The van der Waals surface area contributed by atoms with Gasteiger partial charge in [-0.25, -0.2) is 9.59 Å². The Balaban J connectivity index is 1.45. The van der Waals surface area contributed by atoms with Crippen molar-refractivity contribution in [2.24, 2.45) is 5.92 Å². The number of nitrogens with one attached hydrogen (secondary N) is 3. The number of aliphatic hydroxyl groups is 1. The lowest BCUT2D eigenvalue weighted by Crippen LogP contribution is -2.54. The zero-order valence-corrected chi connectivity index (χ0v) is 27.7. The molecule has 0 aliphatic rings. The number of amides is 3. The summed E-state index contributed by atoms with van der Waals surface area (Å²) in [5.41, 5.74) is 9.23. The highest BCUT2D eigenvalue weighted by Gasteiger charge is 2.30. The van der Waals surface area contributed by atoms with Gasteiger partial charge in [0.25, 0.3) is 0 Å². The van der Waals surface area contributed by atoms with E-state index in [4.69, 9.17) is 15.2 Å². The van der Waals surface area contributed by atoms with Crippen molar-refractivity contribution in [3.05, 3.63) is 126 Å². The van der Waals surface area contributed by atoms with Crippen LogP contribution in [0.25, 0.3) is 0 Å². The van der Waals surface area contributed by atoms with Crippen molar-refractivity contribution in [1.29, 1.82) is 0 Å². The van der Waals surface area contributed by atoms with Crippen molar-refractivity contribution in [2.45, 2.75) is 70.6 Å². The van der Waals surface area contributed by atoms with Crippen molar-refractivity contribution in [2.75, 3.05) is 5.73 Å². The minimum absolute atomic E-state index is 0.0169. The number of carbonyl (C=O) groups is 3. The number of aromatic nitrogens is 2. The van der Waals surface area contributed by atoms with Crippen LogP contribution in [0.3, 0.4) is 0 Å². The molecule has 4 aromatic rings. The summed E-state index contributed by atoms with van der Waals surface area (Å²) in [7, 11) is 0. The Kier molecular flexibility index (Phi) is 13.9. The third-order valence-electron chi connectivity index (χ3n) is 7.78. The third kappa shape index (κ3) is 12.6. The fourth-order valence-corrected chi connectivity index (χ4v) is 5.18. The molecule has 0 bridgehead atoms. The number of nitrogens with two attached hydrogens (primary N) is 1. The Morgan fingerprint density at radius 2 is 1.39 bits per heavy atom. The largest absolute Gasteiger partial charge is 0.445 e. The average molecular weight is 669 g/mol. The van der Waals surface area contributed by atoms with Crippen LogP contribution < -0.4 is 21.7 Å². The van der Waals surface area contributed by atoms with Gasteiger partial charge in [0.2, 0.25) is 5.91 Å². The van der Waals surface area contributed by atoms with Gasteiger partial charge in [0.1, 0.15) is 19.3 Å². The smallest absolute Gasteiger partial charge is 0.408 e. The Bertz CT molecular complexity index is 1590. The second-order valence-corrected chi connectivity index (χ2v) is 12.1. The summed E-state index contributed by atoms with van der Waals surface area (Å²) < 4.78 is 10.7. The number of anilines is 1. The van der Waals surface area contributed by atoms with E-state index < -0.39 is 42.3 Å². The maximum atomic E-state index is 13.7. The van der Waals surface area contributed by atoms with Crippen LogP contribution in [0.2, 0.25) is 0 Å². The predicted molar refractivity (Wildman–Crippen MR) is 185 cm³/mol. The number of nitrogens with zero attached hydrogens (tertiary/aromatic N) is 2. The number of carbonyl (C=O) groups excluding carboxylic acids is 3. The van der Waals surface area contributed by atoms with Crippen molar-refractivity contribution >= 4 is 23.8 Å². The van der Waals surface area contributed by atoms with Crippen molar-refractivity contribution in [3.63, 3.8) is 0 Å². The summed E-state index contributed by atoms with van der Waals surface area (Å²) >= 11 is 0. The van der Waals surface area contributed by atoms with Gasteiger partial charge in [-0.05, 0) is 54.5 Å². The number of alkyl carbamates (subject to hydrolysis) is 2. The summed E-state index contributed by atoms with van der Waals surface area (Å²) in [6.07, 6.45) is 2.97. The molecule has 3 amide bonds. The van der Waals surface area contributed by atoms with Crippen molar-refractivity contribution in [3.8, 4) is 0 Å². The number of benzene rings is 2. The molecule has 0 spiro atoms. The highest BCUT2D eigenvalue weighted by atomic mass is 16.6. The first-order valence-electron chi connectivity index (χ1n) is 16.2. The molecule has 2 heterocycles. The van der Waals surface area contributed by atoms with Crippen LogP contribution in [-0.4, -0.2) is 57.4 Å². The molecule has 258 valence electrons. The molecule has 6 N–H and O–H groups in total. The van der Waals surface area contributed by atoms with E-state index in [1.54, 1.807) is 36.7 Å². The van der Waals surface area contributed by atoms with Gasteiger partial charge in [0.15, 0.2) is 0 Å². The van der Waals surface area contributed by atoms with Crippen LogP contribution in [0, 0.1) is 5.92 Å². The van der Waals surface area contributed by atoms with Gasteiger partial charge in [-0.15, -0.1) is 0 Å². The molecule has 2 aromatic carbocycles. The van der Waals surface area contributed by atoms with E-state index in [1.807, 2.05) is 74.5 Å². The number of aliphatic hydroxyl groups excluding tert-OH is 1. The van der Waals surface area contributed by atoms with Crippen LogP contribution >= 0.6 is 0 Å². The highest BCUT2D eigenvalue weighted by Crippen LogP contribution is 2.16. The fraction of sp³-hybridized carbons (Fsp3) is 0.324. The van der Waals surface area contributed by atoms with Crippen LogP contribution in [-0.2, 0) is 40.3 Å². The molecular formula is C37H44N6O6. The molecule has 49 heavy (non-hydrogen) atoms. The molecule has 12 heteroatoms. The zero-order valence-electron chi connectivity index (χ0n) is 27.7. The van der Waals surface area contributed by atoms with Crippen LogP contribution in [0.5, 0.6) is 0 Å². The number of hydrogen-bond donors (Lipinski definition) is 5. The van der Waals surface area contributed by atoms with Crippen LogP contribution in [0.4, 0.5) is 15.3 Å². The maximum Gasteiger partial charge on any atom is 0.408 e. The molecule has 12 nitrogen and oxygen atoms in total. The van der Waals surface area contributed by atoms with Crippen LogP contribution in [0.15, 0.2) is 104 Å². The molecule has 4 rings (SSSR count). The quantitative estimate of drug-likeness (QED) is 0.116. The number of pyridine rings is 2. The Labute approximate surface area is 286 Å². The highest BCUT2D eigenvalue weighted by molar-refractivity contribution is 5.86. The molecule has 0 fully saturated rings. The molecule has 2 aromatic heterocycles. The van der Waals surface area contributed by atoms with E-state index in [0.29, 0.717) is 24.2 Å². The van der Waals surface area contributed by atoms with Gasteiger partial charge >= 0.3 is 12.2 Å². The monoisotopic (exact) mass is 668 g/mol. The summed E-state index contributed by atoms with van der Waals surface area (Å²) in [6, 6.07) is 23.6. The predicted octanol–water partition coefficient (Wildman–Crippen LogP) is 4.33. The third-order valence-corrected chi connectivity index (χ3v) is 7.78.